The van der Waals surface area contributed by atoms with Gasteiger partial charge in [0.15, 0.2) is 0 Å². The molecule has 0 atom stereocenters. The molecule has 0 aromatic carbocycles. The number of aromatic nitrogens is 1. The number of nitrogens with two attached hydrogens (primary N) is 1. The zero-order valence-electron chi connectivity index (χ0n) is 11.3. The summed E-state index contributed by atoms with van der Waals surface area (Å²) in [5.41, 5.74) is 5.42. The topological polar surface area (TPSA) is 75.2 Å². The number of amidine groups is 1. The SMILES string of the molecule is COc1cccc(N(CCC(=N)N)CC(C)C)n1. The highest BCUT2D eigenvalue weighted by molar-refractivity contribution is 5.77. The van der Waals surface area contributed by atoms with Gasteiger partial charge >= 0.3 is 0 Å². The Morgan fingerprint density at radius 1 is 1.50 bits per heavy atom. The Bertz CT molecular complexity index is 392. The molecule has 1 aromatic rings. The van der Waals surface area contributed by atoms with Gasteiger partial charge in [-0.2, -0.15) is 4.98 Å². The van der Waals surface area contributed by atoms with Crippen LogP contribution < -0.4 is 15.4 Å². The first-order chi connectivity index (χ1) is 8.52. The van der Waals surface area contributed by atoms with Crippen molar-refractivity contribution in [3.63, 3.8) is 0 Å². The summed E-state index contributed by atoms with van der Waals surface area (Å²) in [6.07, 6.45) is 0.547. The second-order valence-corrected chi connectivity index (χ2v) is 4.65. The Morgan fingerprint density at radius 3 is 2.78 bits per heavy atom. The van der Waals surface area contributed by atoms with Crippen LogP contribution in [0.3, 0.4) is 0 Å². The van der Waals surface area contributed by atoms with Crippen LogP contribution in [0.25, 0.3) is 0 Å². The van der Waals surface area contributed by atoms with Crippen LogP contribution in [0.15, 0.2) is 18.2 Å². The van der Waals surface area contributed by atoms with Crippen molar-refractivity contribution in [3.8, 4) is 5.88 Å². The van der Waals surface area contributed by atoms with E-state index in [0.717, 1.165) is 12.4 Å². The molecule has 0 aliphatic carbocycles. The van der Waals surface area contributed by atoms with Gasteiger partial charge in [0, 0.05) is 25.6 Å². The van der Waals surface area contributed by atoms with Gasteiger partial charge < -0.3 is 15.4 Å². The first-order valence-corrected chi connectivity index (χ1v) is 6.11. The number of anilines is 1. The van der Waals surface area contributed by atoms with E-state index in [2.05, 4.69) is 23.7 Å². The van der Waals surface area contributed by atoms with Gasteiger partial charge in [0.1, 0.15) is 5.82 Å². The smallest absolute Gasteiger partial charge is 0.214 e. The molecule has 0 amide bonds. The van der Waals surface area contributed by atoms with Gasteiger partial charge in [-0.05, 0) is 12.0 Å². The lowest BCUT2D eigenvalue weighted by Crippen LogP contribution is -2.31. The van der Waals surface area contributed by atoms with Gasteiger partial charge in [-0.15, -0.1) is 0 Å². The quantitative estimate of drug-likeness (QED) is 0.572. The van der Waals surface area contributed by atoms with Crippen LogP contribution >= 0.6 is 0 Å². The Morgan fingerprint density at radius 2 is 2.22 bits per heavy atom. The molecule has 0 saturated heterocycles. The molecule has 5 heteroatoms. The predicted octanol–water partition coefficient (Wildman–Crippen LogP) is 1.88. The summed E-state index contributed by atoms with van der Waals surface area (Å²) in [6, 6.07) is 5.69. The maximum atomic E-state index is 7.32. The molecular formula is C13H22N4O. The maximum Gasteiger partial charge on any atom is 0.214 e. The second-order valence-electron chi connectivity index (χ2n) is 4.65. The number of pyridine rings is 1. The number of hydrogen-bond acceptors (Lipinski definition) is 4. The molecule has 1 rings (SSSR count). The Labute approximate surface area is 108 Å². The summed E-state index contributed by atoms with van der Waals surface area (Å²) < 4.78 is 5.13. The molecule has 1 heterocycles. The van der Waals surface area contributed by atoms with Crippen LogP contribution in [0.2, 0.25) is 0 Å². The molecule has 18 heavy (non-hydrogen) atoms. The van der Waals surface area contributed by atoms with Gasteiger partial charge in [0.2, 0.25) is 5.88 Å². The summed E-state index contributed by atoms with van der Waals surface area (Å²) in [4.78, 5) is 6.55. The van der Waals surface area contributed by atoms with E-state index in [1.165, 1.54) is 0 Å². The second kappa shape index (κ2) is 6.83. The molecule has 0 aliphatic heterocycles. The number of nitrogens with zero attached hydrogens (tertiary/aromatic N) is 2. The van der Waals surface area contributed by atoms with E-state index in [-0.39, 0.29) is 5.84 Å². The van der Waals surface area contributed by atoms with Crippen LogP contribution in [0.5, 0.6) is 5.88 Å². The fourth-order valence-corrected chi connectivity index (χ4v) is 1.69. The third-order valence-corrected chi connectivity index (χ3v) is 2.48. The minimum Gasteiger partial charge on any atom is -0.481 e. The van der Waals surface area contributed by atoms with Crippen LogP contribution in [-0.4, -0.2) is 31.0 Å². The van der Waals surface area contributed by atoms with Crippen molar-refractivity contribution in [1.82, 2.24) is 4.98 Å². The monoisotopic (exact) mass is 250 g/mol. The molecule has 0 saturated carbocycles. The largest absolute Gasteiger partial charge is 0.481 e. The van der Waals surface area contributed by atoms with E-state index in [9.17, 15) is 0 Å². The van der Waals surface area contributed by atoms with Crippen molar-refractivity contribution < 1.29 is 4.74 Å². The number of rotatable bonds is 7. The number of methoxy groups -OCH3 is 1. The third kappa shape index (κ3) is 4.61. The molecule has 100 valence electrons. The van der Waals surface area contributed by atoms with Gasteiger partial charge in [-0.25, -0.2) is 0 Å². The minimum atomic E-state index is 0.201. The van der Waals surface area contributed by atoms with Crippen LogP contribution in [0.4, 0.5) is 5.82 Å². The van der Waals surface area contributed by atoms with Crippen molar-refractivity contribution in [2.75, 3.05) is 25.1 Å². The lowest BCUT2D eigenvalue weighted by atomic mass is 10.2. The summed E-state index contributed by atoms with van der Waals surface area (Å²) >= 11 is 0. The number of nitrogens with one attached hydrogen (secondary N) is 1. The van der Waals surface area contributed by atoms with Crippen molar-refractivity contribution in [2.45, 2.75) is 20.3 Å². The van der Waals surface area contributed by atoms with Crippen molar-refractivity contribution in [3.05, 3.63) is 18.2 Å². The molecule has 0 radical (unpaired) electrons. The number of hydrogen-bond donors (Lipinski definition) is 2. The van der Waals surface area contributed by atoms with E-state index in [1.807, 2.05) is 18.2 Å². The maximum absolute atomic E-state index is 7.32. The van der Waals surface area contributed by atoms with E-state index < -0.39 is 0 Å². The molecule has 0 aliphatic rings. The lowest BCUT2D eigenvalue weighted by molar-refractivity contribution is 0.397. The molecule has 0 bridgehead atoms. The number of ether oxygens (including phenoxy) is 1. The molecule has 0 spiro atoms. The van der Waals surface area contributed by atoms with Crippen LogP contribution in [0, 0.1) is 11.3 Å². The van der Waals surface area contributed by atoms with E-state index in [0.29, 0.717) is 24.8 Å². The summed E-state index contributed by atoms with van der Waals surface area (Å²) in [7, 11) is 1.61. The van der Waals surface area contributed by atoms with Gasteiger partial charge in [0.25, 0.3) is 0 Å². The van der Waals surface area contributed by atoms with Gasteiger partial charge in [0.05, 0.1) is 12.9 Å². The molecule has 0 fully saturated rings. The molecular weight excluding hydrogens is 228 g/mol. The average Bonchev–Trinajstić information content (AvgIpc) is 2.34. The molecule has 1 aromatic heterocycles. The average molecular weight is 250 g/mol. The standard InChI is InChI=1S/C13H22N4O/c1-10(2)9-17(8-7-11(14)15)12-5-4-6-13(16-12)18-3/h4-6,10H,7-9H2,1-3H3,(H3,14,15). The van der Waals surface area contributed by atoms with Crippen molar-refractivity contribution in [2.24, 2.45) is 11.7 Å². The van der Waals surface area contributed by atoms with Crippen LogP contribution in [0.1, 0.15) is 20.3 Å². The zero-order chi connectivity index (χ0) is 13.5. The zero-order valence-corrected chi connectivity index (χ0v) is 11.3. The third-order valence-electron chi connectivity index (χ3n) is 2.48. The highest BCUT2D eigenvalue weighted by atomic mass is 16.5. The Balaban J connectivity index is 2.82. The van der Waals surface area contributed by atoms with Gasteiger partial charge in [-0.3, -0.25) is 5.41 Å². The summed E-state index contributed by atoms with van der Waals surface area (Å²) in [5.74, 6) is 2.19. The van der Waals surface area contributed by atoms with Crippen LogP contribution in [-0.2, 0) is 0 Å². The highest BCUT2D eigenvalue weighted by Gasteiger charge is 2.11. The van der Waals surface area contributed by atoms with E-state index in [4.69, 9.17) is 15.9 Å². The normalized spacial score (nSPS) is 10.4. The predicted molar refractivity (Wildman–Crippen MR) is 74.4 cm³/mol. The van der Waals surface area contributed by atoms with Crippen molar-refractivity contribution >= 4 is 11.7 Å². The summed E-state index contributed by atoms with van der Waals surface area (Å²) in [5, 5.41) is 7.32. The molecule has 0 unspecified atom stereocenters. The Hall–Kier alpha value is -1.78. The summed E-state index contributed by atoms with van der Waals surface area (Å²) in [6.45, 7) is 5.89. The molecule has 5 nitrogen and oxygen atoms in total. The lowest BCUT2D eigenvalue weighted by Gasteiger charge is -2.25. The fraction of sp³-hybridized carbons (Fsp3) is 0.538. The minimum absolute atomic E-state index is 0.201. The fourth-order valence-electron chi connectivity index (χ4n) is 1.69. The highest BCUT2D eigenvalue weighted by Crippen LogP contribution is 2.17. The first-order valence-electron chi connectivity index (χ1n) is 6.11. The first kappa shape index (κ1) is 14.3. The Kier molecular flexibility index (Phi) is 5.42. The molecule has 3 N–H and O–H groups in total. The van der Waals surface area contributed by atoms with Gasteiger partial charge in [-0.1, -0.05) is 19.9 Å². The van der Waals surface area contributed by atoms with E-state index >= 15 is 0 Å². The van der Waals surface area contributed by atoms with E-state index in [1.54, 1.807) is 7.11 Å². The van der Waals surface area contributed by atoms with Crippen molar-refractivity contribution in [1.29, 1.82) is 5.41 Å².